The summed E-state index contributed by atoms with van der Waals surface area (Å²) in [4.78, 5) is 0. The molecular formula is C19H22ClN. The van der Waals surface area contributed by atoms with Gasteiger partial charge in [0.15, 0.2) is 0 Å². The van der Waals surface area contributed by atoms with E-state index in [1.54, 1.807) is 0 Å². The zero-order valence-electron chi connectivity index (χ0n) is 13.0. The second kappa shape index (κ2) is 5.82. The Labute approximate surface area is 132 Å². The number of aryl methyl sites for hydroxylation is 2. The highest BCUT2D eigenvalue weighted by molar-refractivity contribution is 6.31. The van der Waals surface area contributed by atoms with Crippen LogP contribution in [0.3, 0.4) is 0 Å². The minimum absolute atomic E-state index is 0.513. The topological polar surface area (TPSA) is 12.0 Å². The first-order chi connectivity index (χ1) is 10.1. The number of hydrogen-bond donors (Lipinski definition) is 1. The van der Waals surface area contributed by atoms with E-state index >= 15 is 0 Å². The molecule has 2 heteroatoms. The molecule has 1 nitrogen and oxygen atoms in total. The van der Waals surface area contributed by atoms with Gasteiger partial charge in [0.2, 0.25) is 0 Å². The van der Waals surface area contributed by atoms with Gasteiger partial charge in [-0.25, -0.2) is 0 Å². The number of fused-ring (bicyclic) bond motifs is 1. The standard InChI is InChI=1S/C19H22ClN/c1-4-21-19-9-8-15-14(6-5-7-16(15)19)17-10-13(3)18(20)11-12(17)2/h5-7,10-11,19,21H,4,8-9H2,1-3H3. The molecule has 0 bridgehead atoms. The number of benzene rings is 2. The quantitative estimate of drug-likeness (QED) is 0.819. The van der Waals surface area contributed by atoms with Crippen molar-refractivity contribution in [2.75, 3.05) is 6.54 Å². The predicted molar refractivity (Wildman–Crippen MR) is 91.1 cm³/mol. The summed E-state index contributed by atoms with van der Waals surface area (Å²) in [5, 5.41) is 4.45. The van der Waals surface area contributed by atoms with Gasteiger partial charge in [-0.05, 0) is 78.7 Å². The minimum Gasteiger partial charge on any atom is -0.310 e. The lowest BCUT2D eigenvalue weighted by Gasteiger charge is -2.15. The van der Waals surface area contributed by atoms with Gasteiger partial charge in [-0.1, -0.05) is 36.7 Å². The van der Waals surface area contributed by atoms with Crippen LogP contribution in [0.5, 0.6) is 0 Å². The number of halogens is 1. The van der Waals surface area contributed by atoms with E-state index in [0.29, 0.717) is 6.04 Å². The Balaban J connectivity index is 2.11. The van der Waals surface area contributed by atoms with Gasteiger partial charge in [-0.3, -0.25) is 0 Å². The third kappa shape index (κ3) is 2.61. The van der Waals surface area contributed by atoms with E-state index in [9.17, 15) is 0 Å². The van der Waals surface area contributed by atoms with Crippen molar-refractivity contribution in [3.63, 3.8) is 0 Å². The Hall–Kier alpha value is -1.31. The van der Waals surface area contributed by atoms with Crippen LogP contribution in [-0.2, 0) is 6.42 Å². The summed E-state index contributed by atoms with van der Waals surface area (Å²) in [5.74, 6) is 0. The molecule has 0 fully saturated rings. The largest absolute Gasteiger partial charge is 0.310 e. The van der Waals surface area contributed by atoms with Crippen LogP contribution in [0, 0.1) is 13.8 Å². The third-order valence-corrected chi connectivity index (χ3v) is 4.92. The van der Waals surface area contributed by atoms with E-state index in [-0.39, 0.29) is 0 Å². The molecule has 0 radical (unpaired) electrons. The Bertz CT molecular complexity index is 676. The Morgan fingerprint density at radius 1 is 1.14 bits per heavy atom. The normalized spacial score (nSPS) is 17.0. The summed E-state index contributed by atoms with van der Waals surface area (Å²) >= 11 is 6.25. The summed E-state index contributed by atoms with van der Waals surface area (Å²) < 4.78 is 0. The zero-order chi connectivity index (χ0) is 15.0. The maximum absolute atomic E-state index is 6.25. The first kappa shape index (κ1) is 14.6. The van der Waals surface area contributed by atoms with Crippen molar-refractivity contribution in [2.24, 2.45) is 0 Å². The second-order valence-electron chi connectivity index (χ2n) is 5.94. The van der Waals surface area contributed by atoms with Crippen LogP contribution in [0.2, 0.25) is 5.02 Å². The van der Waals surface area contributed by atoms with Gasteiger partial charge < -0.3 is 5.32 Å². The smallest absolute Gasteiger partial charge is 0.0438 e. The lowest BCUT2D eigenvalue weighted by molar-refractivity contribution is 0.549. The van der Waals surface area contributed by atoms with Gasteiger partial charge in [-0.2, -0.15) is 0 Å². The number of rotatable bonds is 3. The highest BCUT2D eigenvalue weighted by Crippen LogP contribution is 2.39. The second-order valence-corrected chi connectivity index (χ2v) is 6.35. The van der Waals surface area contributed by atoms with Gasteiger partial charge >= 0.3 is 0 Å². The van der Waals surface area contributed by atoms with Gasteiger partial charge in [0.1, 0.15) is 0 Å². The van der Waals surface area contributed by atoms with E-state index < -0.39 is 0 Å². The van der Waals surface area contributed by atoms with Gasteiger partial charge in [0.05, 0.1) is 0 Å². The molecule has 2 aromatic carbocycles. The molecule has 0 saturated heterocycles. The molecule has 0 heterocycles. The molecule has 0 amide bonds. The molecule has 0 saturated carbocycles. The van der Waals surface area contributed by atoms with E-state index in [2.05, 4.69) is 56.4 Å². The molecule has 0 aliphatic heterocycles. The van der Waals surface area contributed by atoms with E-state index in [1.165, 1.54) is 34.2 Å². The van der Waals surface area contributed by atoms with E-state index in [4.69, 9.17) is 11.6 Å². The Kier molecular flexibility index (Phi) is 4.05. The molecule has 110 valence electrons. The Morgan fingerprint density at radius 2 is 1.95 bits per heavy atom. The third-order valence-electron chi connectivity index (χ3n) is 4.52. The fourth-order valence-electron chi connectivity index (χ4n) is 3.44. The number of nitrogens with one attached hydrogen (secondary N) is 1. The van der Waals surface area contributed by atoms with Crippen molar-refractivity contribution in [3.05, 3.63) is 57.6 Å². The molecule has 0 spiro atoms. The molecule has 1 aliphatic rings. The first-order valence-electron chi connectivity index (χ1n) is 7.74. The van der Waals surface area contributed by atoms with Crippen LogP contribution in [-0.4, -0.2) is 6.54 Å². The molecule has 1 aliphatic carbocycles. The molecule has 1 unspecified atom stereocenters. The maximum atomic E-state index is 6.25. The molecule has 1 atom stereocenters. The Morgan fingerprint density at radius 3 is 2.71 bits per heavy atom. The van der Waals surface area contributed by atoms with Crippen LogP contribution in [0.4, 0.5) is 0 Å². The molecule has 1 N–H and O–H groups in total. The monoisotopic (exact) mass is 299 g/mol. The summed E-state index contributed by atoms with van der Waals surface area (Å²) in [6, 6.07) is 11.5. The lowest BCUT2D eigenvalue weighted by atomic mass is 9.92. The van der Waals surface area contributed by atoms with Crippen LogP contribution in [0.15, 0.2) is 30.3 Å². The summed E-state index contributed by atoms with van der Waals surface area (Å²) in [6.07, 6.45) is 2.36. The predicted octanol–water partition coefficient (Wildman–Crippen LogP) is 5.22. The fraction of sp³-hybridized carbons (Fsp3) is 0.368. The highest BCUT2D eigenvalue weighted by Gasteiger charge is 2.24. The average molecular weight is 300 g/mol. The fourth-order valence-corrected chi connectivity index (χ4v) is 3.65. The van der Waals surface area contributed by atoms with Crippen LogP contribution >= 0.6 is 11.6 Å². The average Bonchev–Trinajstić information content (AvgIpc) is 2.87. The van der Waals surface area contributed by atoms with Gasteiger partial charge in [0.25, 0.3) is 0 Å². The van der Waals surface area contributed by atoms with Crippen molar-refractivity contribution >= 4 is 11.6 Å². The zero-order valence-corrected chi connectivity index (χ0v) is 13.7. The molecule has 3 rings (SSSR count). The molecule has 0 aromatic heterocycles. The van der Waals surface area contributed by atoms with Crippen LogP contribution < -0.4 is 5.32 Å². The van der Waals surface area contributed by atoms with E-state index in [1.807, 2.05) is 0 Å². The minimum atomic E-state index is 0.513. The summed E-state index contributed by atoms with van der Waals surface area (Å²) in [7, 11) is 0. The van der Waals surface area contributed by atoms with Gasteiger partial charge in [-0.15, -0.1) is 0 Å². The van der Waals surface area contributed by atoms with E-state index in [0.717, 1.165) is 23.6 Å². The van der Waals surface area contributed by atoms with Crippen molar-refractivity contribution in [3.8, 4) is 11.1 Å². The number of hydrogen-bond acceptors (Lipinski definition) is 1. The molecule has 21 heavy (non-hydrogen) atoms. The molecular weight excluding hydrogens is 278 g/mol. The van der Waals surface area contributed by atoms with Crippen molar-refractivity contribution in [1.82, 2.24) is 5.32 Å². The SMILES string of the molecule is CCNC1CCc2c(-c3cc(C)c(Cl)cc3C)cccc21. The van der Waals surface area contributed by atoms with Crippen molar-refractivity contribution in [2.45, 2.75) is 39.7 Å². The maximum Gasteiger partial charge on any atom is 0.0438 e. The lowest BCUT2D eigenvalue weighted by Crippen LogP contribution is -2.18. The van der Waals surface area contributed by atoms with Gasteiger partial charge in [0, 0.05) is 11.1 Å². The first-order valence-corrected chi connectivity index (χ1v) is 8.12. The highest BCUT2D eigenvalue weighted by atomic mass is 35.5. The van der Waals surface area contributed by atoms with Crippen LogP contribution in [0.25, 0.3) is 11.1 Å². The summed E-state index contributed by atoms with van der Waals surface area (Å²) in [5.41, 5.74) is 8.09. The van der Waals surface area contributed by atoms with Crippen LogP contribution in [0.1, 0.15) is 41.6 Å². The van der Waals surface area contributed by atoms with Crippen molar-refractivity contribution < 1.29 is 0 Å². The summed E-state index contributed by atoms with van der Waals surface area (Å²) in [6.45, 7) is 7.43. The van der Waals surface area contributed by atoms with Crippen molar-refractivity contribution in [1.29, 1.82) is 0 Å². The molecule has 2 aromatic rings.